The number of hydrogen-bond donors (Lipinski definition) is 0. The average molecular weight is 443 g/mol. The lowest BCUT2D eigenvalue weighted by Gasteiger charge is -2.31. The molecule has 0 saturated heterocycles. The number of anilines is 1. The number of halogens is 2. The van der Waals surface area contributed by atoms with Crippen LogP contribution in [0.5, 0.6) is 5.75 Å². The molecule has 0 atom stereocenters. The van der Waals surface area contributed by atoms with Gasteiger partial charge in [-0.3, -0.25) is 0 Å². The van der Waals surface area contributed by atoms with E-state index in [1.807, 2.05) is 0 Å². The van der Waals surface area contributed by atoms with Gasteiger partial charge in [-0.1, -0.05) is 18.2 Å². The minimum atomic E-state index is -1.10. The van der Waals surface area contributed by atoms with E-state index in [-0.39, 0.29) is 29.9 Å². The fourth-order valence-corrected chi connectivity index (χ4v) is 3.46. The number of carbonyl (C=O) groups excluding carboxylic acids is 2. The van der Waals surface area contributed by atoms with Gasteiger partial charge in [0.25, 0.3) is 0 Å². The summed E-state index contributed by atoms with van der Waals surface area (Å²) in [5.41, 5.74) is 0.896. The van der Waals surface area contributed by atoms with Gasteiger partial charge in [-0.2, -0.15) is 0 Å². The molecule has 2 aromatic rings. The molecule has 0 unspecified atom stereocenters. The Morgan fingerprint density at radius 1 is 0.906 bits per heavy atom. The molecule has 0 radical (unpaired) electrons. The minimum Gasteiger partial charge on any atom is -0.495 e. The molecule has 1 aliphatic heterocycles. The first-order valence-electron chi connectivity index (χ1n) is 10.0. The molecule has 3 rings (SSSR count). The zero-order valence-corrected chi connectivity index (χ0v) is 17.9. The van der Waals surface area contributed by atoms with Gasteiger partial charge in [0.15, 0.2) is 11.6 Å². The van der Waals surface area contributed by atoms with Crippen LogP contribution in [0.15, 0.2) is 66.0 Å². The van der Waals surface area contributed by atoms with Crippen molar-refractivity contribution < 1.29 is 32.6 Å². The second kappa shape index (κ2) is 10.1. The third-order valence-corrected chi connectivity index (χ3v) is 4.84. The number of rotatable bonds is 7. The molecular formula is C24H23F2NO5. The number of esters is 2. The molecular weight excluding hydrogens is 420 g/mol. The Kier molecular flexibility index (Phi) is 7.25. The van der Waals surface area contributed by atoms with E-state index < -0.39 is 29.5 Å². The number of methoxy groups -OCH3 is 1. The van der Waals surface area contributed by atoms with E-state index in [0.717, 1.165) is 12.1 Å². The van der Waals surface area contributed by atoms with Crippen LogP contribution in [0.1, 0.15) is 25.3 Å². The van der Waals surface area contributed by atoms with Crippen molar-refractivity contribution in [2.24, 2.45) is 0 Å². The topological polar surface area (TPSA) is 65.1 Å². The predicted octanol–water partition coefficient (Wildman–Crippen LogP) is 4.47. The van der Waals surface area contributed by atoms with Crippen molar-refractivity contribution >= 4 is 17.6 Å². The summed E-state index contributed by atoms with van der Waals surface area (Å²) in [4.78, 5) is 27.3. The van der Waals surface area contributed by atoms with E-state index in [1.165, 1.54) is 25.6 Å². The Morgan fingerprint density at radius 2 is 1.50 bits per heavy atom. The standard InChI is InChI=1S/C24H23F2NO5/c1-4-31-23(28)16-13-27(20-8-6-7-9-21(20)30-3)14-17(24(29)32-5-2)22(16)15-10-11-18(25)19(26)12-15/h6-14,22H,4-5H2,1-3H3. The van der Waals surface area contributed by atoms with E-state index in [1.54, 1.807) is 43.0 Å². The molecule has 0 amide bonds. The van der Waals surface area contributed by atoms with Crippen LogP contribution in [-0.4, -0.2) is 32.3 Å². The molecule has 0 saturated carbocycles. The molecule has 168 valence electrons. The molecule has 32 heavy (non-hydrogen) atoms. The van der Waals surface area contributed by atoms with Gasteiger partial charge in [0.1, 0.15) is 5.75 Å². The van der Waals surface area contributed by atoms with E-state index >= 15 is 0 Å². The molecule has 0 spiro atoms. The molecule has 0 aliphatic carbocycles. The van der Waals surface area contributed by atoms with Crippen molar-refractivity contribution in [1.29, 1.82) is 0 Å². The highest BCUT2D eigenvalue weighted by Crippen LogP contribution is 2.40. The first-order chi connectivity index (χ1) is 15.4. The SMILES string of the molecule is CCOC(=O)C1=CN(c2ccccc2OC)C=C(C(=O)OCC)C1c1ccc(F)c(F)c1. The average Bonchev–Trinajstić information content (AvgIpc) is 2.80. The second-order valence-corrected chi connectivity index (χ2v) is 6.80. The summed E-state index contributed by atoms with van der Waals surface area (Å²) >= 11 is 0. The molecule has 8 heteroatoms. The van der Waals surface area contributed by atoms with Crippen molar-refractivity contribution in [3.05, 3.63) is 83.2 Å². The number of carbonyl (C=O) groups is 2. The predicted molar refractivity (Wildman–Crippen MR) is 114 cm³/mol. The lowest BCUT2D eigenvalue weighted by atomic mass is 9.83. The number of benzene rings is 2. The van der Waals surface area contributed by atoms with E-state index in [4.69, 9.17) is 14.2 Å². The Hall–Kier alpha value is -3.68. The molecule has 1 aliphatic rings. The van der Waals surface area contributed by atoms with Crippen molar-refractivity contribution in [3.8, 4) is 5.75 Å². The zero-order valence-electron chi connectivity index (χ0n) is 17.9. The number of nitrogens with zero attached hydrogens (tertiary/aromatic N) is 1. The van der Waals surface area contributed by atoms with Crippen molar-refractivity contribution in [2.45, 2.75) is 19.8 Å². The van der Waals surface area contributed by atoms with Gasteiger partial charge in [-0.25, -0.2) is 18.4 Å². The summed E-state index contributed by atoms with van der Waals surface area (Å²) in [7, 11) is 1.50. The lowest BCUT2D eigenvalue weighted by molar-refractivity contribution is -0.139. The summed E-state index contributed by atoms with van der Waals surface area (Å²) in [6, 6.07) is 10.3. The second-order valence-electron chi connectivity index (χ2n) is 6.80. The van der Waals surface area contributed by atoms with Crippen molar-refractivity contribution in [3.63, 3.8) is 0 Å². The monoisotopic (exact) mass is 443 g/mol. The van der Waals surface area contributed by atoms with E-state index in [0.29, 0.717) is 11.4 Å². The van der Waals surface area contributed by atoms with Crippen molar-refractivity contribution in [1.82, 2.24) is 0 Å². The molecule has 0 N–H and O–H groups in total. The van der Waals surface area contributed by atoms with Crippen molar-refractivity contribution in [2.75, 3.05) is 25.2 Å². The third kappa shape index (κ3) is 4.64. The molecule has 6 nitrogen and oxygen atoms in total. The Balaban J connectivity index is 2.22. The molecule has 2 aromatic carbocycles. The van der Waals surface area contributed by atoms with Crippen LogP contribution >= 0.6 is 0 Å². The van der Waals surface area contributed by atoms with Crippen LogP contribution in [0.3, 0.4) is 0 Å². The lowest BCUT2D eigenvalue weighted by Crippen LogP contribution is -2.29. The van der Waals surface area contributed by atoms with Crippen LogP contribution in [0.25, 0.3) is 0 Å². The van der Waals surface area contributed by atoms with Gasteiger partial charge < -0.3 is 19.1 Å². The Labute approximate surface area is 184 Å². The Bertz CT molecular complexity index is 1040. The maximum absolute atomic E-state index is 14.1. The van der Waals surface area contributed by atoms with Crippen LogP contribution < -0.4 is 9.64 Å². The molecule has 1 heterocycles. The van der Waals surface area contributed by atoms with Gasteiger partial charge >= 0.3 is 11.9 Å². The van der Waals surface area contributed by atoms with Gasteiger partial charge in [0.2, 0.25) is 0 Å². The molecule has 0 bridgehead atoms. The highest BCUT2D eigenvalue weighted by atomic mass is 19.2. The van der Waals surface area contributed by atoms with Crippen LogP contribution in [-0.2, 0) is 19.1 Å². The highest BCUT2D eigenvalue weighted by Gasteiger charge is 2.36. The fourth-order valence-electron chi connectivity index (χ4n) is 3.46. The van der Waals surface area contributed by atoms with Crippen LogP contribution in [0.2, 0.25) is 0 Å². The summed E-state index contributed by atoms with van der Waals surface area (Å²) in [6.45, 7) is 3.48. The highest BCUT2D eigenvalue weighted by molar-refractivity contribution is 6.00. The van der Waals surface area contributed by atoms with Gasteiger partial charge in [-0.05, 0) is 43.7 Å². The smallest absolute Gasteiger partial charge is 0.336 e. The maximum atomic E-state index is 14.1. The summed E-state index contributed by atoms with van der Waals surface area (Å²) < 4.78 is 43.4. The normalized spacial score (nSPS) is 13.8. The van der Waals surface area contributed by atoms with E-state index in [2.05, 4.69) is 0 Å². The summed E-state index contributed by atoms with van der Waals surface area (Å²) in [6.07, 6.45) is 2.98. The quantitative estimate of drug-likeness (QED) is 0.589. The minimum absolute atomic E-state index is 0.0642. The van der Waals surface area contributed by atoms with E-state index in [9.17, 15) is 18.4 Å². The van der Waals surface area contributed by atoms with Gasteiger partial charge in [-0.15, -0.1) is 0 Å². The first kappa shape index (κ1) is 23.0. The number of ether oxygens (including phenoxy) is 3. The summed E-state index contributed by atoms with van der Waals surface area (Å²) in [5, 5.41) is 0. The Morgan fingerprint density at radius 3 is 2.03 bits per heavy atom. The first-order valence-corrected chi connectivity index (χ1v) is 10.0. The third-order valence-electron chi connectivity index (χ3n) is 4.84. The fraction of sp³-hybridized carbons (Fsp3) is 0.250. The van der Waals surface area contributed by atoms with Crippen LogP contribution in [0.4, 0.5) is 14.5 Å². The molecule has 0 aromatic heterocycles. The maximum Gasteiger partial charge on any atom is 0.336 e. The summed E-state index contributed by atoms with van der Waals surface area (Å²) in [5.74, 6) is -4.05. The van der Waals surface area contributed by atoms with Crippen LogP contribution in [0, 0.1) is 11.6 Å². The number of hydrogen-bond acceptors (Lipinski definition) is 6. The zero-order chi connectivity index (χ0) is 23.3. The molecule has 0 fully saturated rings. The van der Waals surface area contributed by atoms with Gasteiger partial charge in [0, 0.05) is 12.4 Å². The number of para-hydroxylation sites is 2. The van der Waals surface area contributed by atoms with Gasteiger partial charge in [0.05, 0.1) is 43.1 Å². The largest absolute Gasteiger partial charge is 0.495 e.